The normalized spacial score (nSPS) is 10.5. The lowest BCUT2D eigenvalue weighted by Crippen LogP contribution is -1.96. The van der Waals surface area contributed by atoms with Crippen molar-refractivity contribution in [1.29, 1.82) is 0 Å². The van der Waals surface area contributed by atoms with Crippen molar-refractivity contribution >= 4 is 0 Å². The molecule has 0 aliphatic carbocycles. The van der Waals surface area contributed by atoms with Gasteiger partial charge in [0.1, 0.15) is 0 Å². The molecule has 0 fully saturated rings. The summed E-state index contributed by atoms with van der Waals surface area (Å²) in [5.74, 6) is 0.510. The zero-order valence-electron chi connectivity index (χ0n) is 7.30. The van der Waals surface area contributed by atoms with Gasteiger partial charge in [0.25, 0.3) is 0 Å². The number of aryl methyl sites for hydroxylation is 1. The third-order valence-electron chi connectivity index (χ3n) is 1.83. The van der Waals surface area contributed by atoms with Crippen LogP contribution in [0.2, 0.25) is 0 Å². The van der Waals surface area contributed by atoms with Crippen LogP contribution in [0.4, 0.5) is 0 Å². The molecule has 59 valence electrons. The third-order valence-corrected chi connectivity index (χ3v) is 1.83. The molecule has 0 saturated carbocycles. The molecule has 1 unspecified atom stereocenters. The van der Waals surface area contributed by atoms with Crippen molar-refractivity contribution < 1.29 is 0 Å². The molecule has 11 heavy (non-hydrogen) atoms. The van der Waals surface area contributed by atoms with E-state index in [9.17, 15) is 0 Å². The van der Waals surface area contributed by atoms with Crippen molar-refractivity contribution in [1.82, 2.24) is 0 Å². The van der Waals surface area contributed by atoms with Crippen molar-refractivity contribution in [3.63, 3.8) is 0 Å². The highest BCUT2D eigenvalue weighted by molar-refractivity contribution is 5.25. The number of hydrogen-bond donors (Lipinski definition) is 0. The molecule has 1 aromatic carbocycles. The van der Waals surface area contributed by atoms with Gasteiger partial charge < -0.3 is 0 Å². The summed E-state index contributed by atoms with van der Waals surface area (Å²) in [4.78, 5) is 0. The van der Waals surface area contributed by atoms with Gasteiger partial charge in [0, 0.05) is 0 Å². The summed E-state index contributed by atoms with van der Waals surface area (Å²) in [6, 6.07) is 8.49. The average Bonchev–Trinajstić information content (AvgIpc) is 1.93. The van der Waals surface area contributed by atoms with E-state index < -0.39 is 0 Å². The molecule has 0 aromatic heterocycles. The third kappa shape index (κ3) is 2.38. The molecule has 0 heterocycles. The Labute approximate surface area is 69.3 Å². The first-order valence-corrected chi connectivity index (χ1v) is 4.07. The maximum absolute atomic E-state index is 3.97. The highest BCUT2D eigenvalue weighted by Crippen LogP contribution is 2.11. The molecule has 1 atom stereocenters. The van der Waals surface area contributed by atoms with Gasteiger partial charge >= 0.3 is 0 Å². The summed E-state index contributed by atoms with van der Waals surface area (Å²) >= 11 is 0. The van der Waals surface area contributed by atoms with Crippen LogP contribution in [-0.2, 0) is 6.42 Å². The largest absolute Gasteiger partial charge is 0.0622 e. The quantitative estimate of drug-likeness (QED) is 0.603. The van der Waals surface area contributed by atoms with Crippen LogP contribution >= 0.6 is 0 Å². The van der Waals surface area contributed by atoms with E-state index in [1.165, 1.54) is 11.1 Å². The van der Waals surface area contributed by atoms with Crippen LogP contribution in [-0.4, -0.2) is 0 Å². The fourth-order valence-corrected chi connectivity index (χ4v) is 1.21. The Balaban J connectivity index is 2.78. The van der Waals surface area contributed by atoms with Gasteiger partial charge in [-0.15, -0.1) is 0 Å². The van der Waals surface area contributed by atoms with Crippen LogP contribution in [0.1, 0.15) is 18.1 Å². The van der Waals surface area contributed by atoms with Crippen molar-refractivity contribution in [3.05, 3.63) is 42.3 Å². The molecule has 1 aromatic rings. The average molecular weight is 147 g/mol. The van der Waals surface area contributed by atoms with Gasteiger partial charge in [0.2, 0.25) is 0 Å². The highest BCUT2D eigenvalue weighted by atomic mass is 14.0. The zero-order chi connectivity index (χ0) is 8.27. The second-order valence-electron chi connectivity index (χ2n) is 3.24. The topological polar surface area (TPSA) is 0 Å². The molecule has 1 rings (SSSR count). The fourth-order valence-electron chi connectivity index (χ4n) is 1.21. The standard InChI is InChI=1S/C11H15/c1-9(2)8-11-7-5-4-6-10(11)3/h4-7,9H,1,8H2,2-3H3. The van der Waals surface area contributed by atoms with E-state index in [-0.39, 0.29) is 0 Å². The minimum Gasteiger partial charge on any atom is -0.0622 e. The molecule has 0 nitrogen and oxygen atoms in total. The summed E-state index contributed by atoms with van der Waals surface area (Å²) in [7, 11) is 0. The maximum Gasteiger partial charge on any atom is -0.0250 e. The first kappa shape index (κ1) is 8.32. The van der Waals surface area contributed by atoms with Gasteiger partial charge in [0.05, 0.1) is 0 Å². The Morgan fingerprint density at radius 1 is 1.36 bits per heavy atom. The summed E-state index contributed by atoms with van der Waals surface area (Å²) in [5.41, 5.74) is 2.80. The van der Waals surface area contributed by atoms with E-state index in [0.717, 1.165) is 6.42 Å². The van der Waals surface area contributed by atoms with Crippen molar-refractivity contribution in [3.8, 4) is 0 Å². The summed E-state index contributed by atoms with van der Waals surface area (Å²) in [6.45, 7) is 8.27. The first-order valence-electron chi connectivity index (χ1n) is 4.07. The summed E-state index contributed by atoms with van der Waals surface area (Å²) in [6.07, 6.45) is 1.09. The molecular formula is C11H15. The number of rotatable bonds is 2. The van der Waals surface area contributed by atoms with Crippen LogP contribution < -0.4 is 0 Å². The van der Waals surface area contributed by atoms with Crippen LogP contribution in [0.25, 0.3) is 0 Å². The van der Waals surface area contributed by atoms with E-state index in [1.54, 1.807) is 0 Å². The zero-order valence-corrected chi connectivity index (χ0v) is 7.30. The predicted octanol–water partition coefficient (Wildman–Crippen LogP) is 3.01. The van der Waals surface area contributed by atoms with E-state index >= 15 is 0 Å². The van der Waals surface area contributed by atoms with Gasteiger partial charge in [-0.1, -0.05) is 38.1 Å². The maximum atomic E-state index is 3.97. The van der Waals surface area contributed by atoms with Crippen LogP contribution in [0.3, 0.4) is 0 Å². The van der Waals surface area contributed by atoms with E-state index in [4.69, 9.17) is 0 Å². The van der Waals surface area contributed by atoms with Crippen molar-refractivity contribution in [2.45, 2.75) is 20.3 Å². The summed E-state index contributed by atoms with van der Waals surface area (Å²) < 4.78 is 0. The lowest BCUT2D eigenvalue weighted by molar-refractivity contribution is 0.716. The van der Waals surface area contributed by atoms with E-state index in [2.05, 4.69) is 45.0 Å². The molecule has 1 radical (unpaired) electrons. The molecule has 0 bridgehead atoms. The second kappa shape index (κ2) is 3.56. The van der Waals surface area contributed by atoms with Crippen LogP contribution in [0.15, 0.2) is 24.3 Å². The second-order valence-corrected chi connectivity index (χ2v) is 3.24. The van der Waals surface area contributed by atoms with Gasteiger partial charge in [-0.2, -0.15) is 0 Å². The number of hydrogen-bond acceptors (Lipinski definition) is 0. The van der Waals surface area contributed by atoms with Gasteiger partial charge in [-0.3, -0.25) is 0 Å². The van der Waals surface area contributed by atoms with Crippen molar-refractivity contribution in [2.24, 2.45) is 5.92 Å². The lowest BCUT2D eigenvalue weighted by Gasteiger charge is -2.06. The Morgan fingerprint density at radius 3 is 2.55 bits per heavy atom. The molecular weight excluding hydrogens is 132 g/mol. The predicted molar refractivity (Wildman–Crippen MR) is 49.4 cm³/mol. The molecule has 0 saturated heterocycles. The molecule has 0 aliphatic heterocycles. The van der Waals surface area contributed by atoms with Gasteiger partial charge in [-0.05, 0) is 30.4 Å². The lowest BCUT2D eigenvalue weighted by atomic mass is 9.99. The van der Waals surface area contributed by atoms with Gasteiger partial charge in [-0.25, -0.2) is 0 Å². The SMILES string of the molecule is [CH2]C(C)Cc1ccccc1C. The van der Waals surface area contributed by atoms with Crippen LogP contribution in [0, 0.1) is 19.8 Å². The molecule has 0 N–H and O–H groups in total. The molecule has 0 amide bonds. The molecule has 0 aliphatic rings. The Bertz CT molecular complexity index is 223. The first-order chi connectivity index (χ1) is 5.20. The minimum atomic E-state index is 0.510. The number of benzene rings is 1. The van der Waals surface area contributed by atoms with E-state index in [1.807, 2.05) is 0 Å². The molecule has 0 spiro atoms. The highest BCUT2D eigenvalue weighted by Gasteiger charge is 1.98. The van der Waals surface area contributed by atoms with Gasteiger partial charge in [0.15, 0.2) is 0 Å². The smallest absolute Gasteiger partial charge is 0.0250 e. The van der Waals surface area contributed by atoms with Crippen molar-refractivity contribution in [2.75, 3.05) is 0 Å². The summed E-state index contributed by atoms with van der Waals surface area (Å²) in [5, 5.41) is 0. The Hall–Kier alpha value is -0.780. The fraction of sp³-hybridized carbons (Fsp3) is 0.364. The monoisotopic (exact) mass is 147 g/mol. The Morgan fingerprint density at radius 2 is 2.00 bits per heavy atom. The van der Waals surface area contributed by atoms with Crippen LogP contribution in [0.5, 0.6) is 0 Å². The Kier molecular flexibility index (Phi) is 2.70. The van der Waals surface area contributed by atoms with E-state index in [0.29, 0.717) is 5.92 Å². The molecule has 0 heteroatoms. The minimum absolute atomic E-state index is 0.510.